The van der Waals surface area contributed by atoms with E-state index in [-0.39, 0.29) is 23.7 Å². The molecule has 3 aliphatic carbocycles. The van der Waals surface area contributed by atoms with Gasteiger partial charge in [0, 0.05) is 23.7 Å². The highest BCUT2D eigenvalue weighted by Gasteiger charge is 2.51. The van der Waals surface area contributed by atoms with Gasteiger partial charge in [0.1, 0.15) is 11.6 Å². The summed E-state index contributed by atoms with van der Waals surface area (Å²) in [4.78, 5) is 25.4. The van der Waals surface area contributed by atoms with Crippen LogP contribution in [0.5, 0.6) is 0 Å². The Labute approximate surface area is 114 Å². The van der Waals surface area contributed by atoms with Crippen molar-refractivity contribution in [2.45, 2.75) is 25.7 Å². The number of carbonyl (C=O) groups excluding carboxylic acids is 2. The molecule has 2 heteroatoms. The third-order valence-corrected chi connectivity index (χ3v) is 4.99. The summed E-state index contributed by atoms with van der Waals surface area (Å²) in [6.45, 7) is 3.80. The van der Waals surface area contributed by atoms with Gasteiger partial charge in [-0.05, 0) is 25.2 Å². The van der Waals surface area contributed by atoms with Crippen LogP contribution in [-0.2, 0) is 9.59 Å². The summed E-state index contributed by atoms with van der Waals surface area (Å²) in [5.74, 6) is 0.421. The number of ketones is 2. The quantitative estimate of drug-likeness (QED) is 0.711. The summed E-state index contributed by atoms with van der Waals surface area (Å²) in [5.41, 5.74) is 0. The van der Waals surface area contributed by atoms with Crippen LogP contribution in [0.1, 0.15) is 25.7 Å². The maximum absolute atomic E-state index is 12.8. The molecule has 100 valence electrons. The van der Waals surface area contributed by atoms with Gasteiger partial charge < -0.3 is 0 Å². The molecule has 0 aromatic carbocycles. The molecule has 0 bridgehead atoms. The topological polar surface area (TPSA) is 34.1 Å². The number of carbonyl (C=O) groups is 2. The molecule has 2 saturated carbocycles. The van der Waals surface area contributed by atoms with Crippen LogP contribution in [0.25, 0.3) is 0 Å². The van der Waals surface area contributed by atoms with Crippen LogP contribution in [0.3, 0.4) is 0 Å². The van der Waals surface area contributed by atoms with Gasteiger partial charge in [0.2, 0.25) is 0 Å². The molecular formula is C17H20O2. The van der Waals surface area contributed by atoms with Crippen molar-refractivity contribution in [2.75, 3.05) is 0 Å². The minimum Gasteiger partial charge on any atom is -0.299 e. The fraction of sp³-hybridized carbons (Fsp3) is 0.529. The fourth-order valence-electron chi connectivity index (χ4n) is 4.14. The Balaban J connectivity index is 1.94. The molecule has 0 spiro atoms. The maximum atomic E-state index is 12.8. The number of Topliss-reactive ketones (excluding diaryl/α,β-unsaturated/α-hetero) is 2. The molecule has 5 atom stereocenters. The molecule has 0 heterocycles. The summed E-state index contributed by atoms with van der Waals surface area (Å²) in [6, 6.07) is 0. The molecule has 3 aliphatic rings. The lowest BCUT2D eigenvalue weighted by Gasteiger charge is -2.44. The van der Waals surface area contributed by atoms with Crippen molar-refractivity contribution in [1.82, 2.24) is 0 Å². The van der Waals surface area contributed by atoms with Crippen molar-refractivity contribution in [3.05, 3.63) is 37.0 Å². The molecule has 0 amide bonds. The Kier molecular flexibility index (Phi) is 3.26. The van der Waals surface area contributed by atoms with Crippen molar-refractivity contribution in [3.8, 4) is 0 Å². The average molecular weight is 256 g/mol. The van der Waals surface area contributed by atoms with Crippen LogP contribution in [0, 0.1) is 29.6 Å². The van der Waals surface area contributed by atoms with Gasteiger partial charge in [-0.1, -0.05) is 36.8 Å². The van der Waals surface area contributed by atoms with Gasteiger partial charge in [0.25, 0.3) is 0 Å². The lowest BCUT2D eigenvalue weighted by Crippen LogP contribution is -2.50. The molecule has 0 aromatic heterocycles. The summed E-state index contributed by atoms with van der Waals surface area (Å²) >= 11 is 0. The van der Waals surface area contributed by atoms with Crippen LogP contribution >= 0.6 is 0 Å². The first kappa shape index (κ1) is 12.6. The van der Waals surface area contributed by atoms with E-state index in [9.17, 15) is 9.59 Å². The Morgan fingerprint density at radius 1 is 1.11 bits per heavy atom. The smallest absolute Gasteiger partial charge is 0.144 e. The van der Waals surface area contributed by atoms with E-state index in [1.165, 1.54) is 0 Å². The minimum absolute atomic E-state index is 0.0383. The maximum Gasteiger partial charge on any atom is 0.144 e. The Bertz CT molecular complexity index is 472. The lowest BCUT2D eigenvalue weighted by atomic mass is 9.57. The van der Waals surface area contributed by atoms with Gasteiger partial charge in [-0.15, -0.1) is 6.58 Å². The van der Waals surface area contributed by atoms with E-state index in [1.54, 1.807) is 0 Å². The minimum atomic E-state index is -0.204. The summed E-state index contributed by atoms with van der Waals surface area (Å²) in [5, 5.41) is 0. The van der Waals surface area contributed by atoms with Crippen molar-refractivity contribution in [3.63, 3.8) is 0 Å². The molecular weight excluding hydrogens is 236 g/mol. The molecule has 3 rings (SSSR count). The van der Waals surface area contributed by atoms with Crippen molar-refractivity contribution in [1.29, 1.82) is 0 Å². The first-order valence-corrected chi connectivity index (χ1v) is 7.27. The second-order valence-electron chi connectivity index (χ2n) is 5.97. The standard InChI is InChI=1S/C17H20O2/c1-2-6-11-7-5-10-14-15(11)17(19)13-9-4-3-8-12(13)16(14)18/h2-4,8-9,11-15H,1,5-7,10H2. The monoisotopic (exact) mass is 256 g/mol. The van der Waals surface area contributed by atoms with E-state index in [0.29, 0.717) is 17.5 Å². The SMILES string of the molecule is C=CCC1CCCC2C(=O)C3C=CC=CC3C(=O)C12. The normalized spacial score (nSPS) is 40.7. The zero-order valence-electron chi connectivity index (χ0n) is 11.1. The van der Waals surface area contributed by atoms with Crippen LogP contribution in [0.4, 0.5) is 0 Å². The summed E-state index contributed by atoms with van der Waals surface area (Å²) < 4.78 is 0. The Morgan fingerprint density at radius 2 is 1.79 bits per heavy atom. The fourth-order valence-corrected chi connectivity index (χ4v) is 4.14. The van der Waals surface area contributed by atoms with Gasteiger partial charge in [0.15, 0.2) is 0 Å². The highest BCUT2D eigenvalue weighted by molar-refractivity contribution is 6.02. The molecule has 0 aromatic rings. The van der Waals surface area contributed by atoms with E-state index in [1.807, 2.05) is 30.4 Å². The second kappa shape index (κ2) is 4.92. The summed E-state index contributed by atoms with van der Waals surface area (Å²) in [7, 11) is 0. The zero-order chi connectivity index (χ0) is 13.4. The van der Waals surface area contributed by atoms with Crippen LogP contribution < -0.4 is 0 Å². The highest BCUT2D eigenvalue weighted by Crippen LogP contribution is 2.46. The first-order chi connectivity index (χ1) is 9.24. The molecule has 5 unspecified atom stereocenters. The number of rotatable bonds is 2. The van der Waals surface area contributed by atoms with E-state index >= 15 is 0 Å². The van der Waals surface area contributed by atoms with E-state index in [4.69, 9.17) is 0 Å². The van der Waals surface area contributed by atoms with Crippen molar-refractivity contribution < 1.29 is 9.59 Å². The highest BCUT2D eigenvalue weighted by atomic mass is 16.1. The van der Waals surface area contributed by atoms with Gasteiger partial charge >= 0.3 is 0 Å². The lowest BCUT2D eigenvalue weighted by molar-refractivity contribution is -0.148. The molecule has 19 heavy (non-hydrogen) atoms. The third kappa shape index (κ3) is 1.94. The summed E-state index contributed by atoms with van der Waals surface area (Å²) in [6.07, 6.45) is 13.4. The van der Waals surface area contributed by atoms with Crippen molar-refractivity contribution in [2.24, 2.45) is 29.6 Å². The van der Waals surface area contributed by atoms with Crippen molar-refractivity contribution >= 4 is 11.6 Å². The van der Waals surface area contributed by atoms with Gasteiger partial charge in [-0.3, -0.25) is 9.59 Å². The number of fused-ring (bicyclic) bond motifs is 2. The van der Waals surface area contributed by atoms with E-state index in [0.717, 1.165) is 25.7 Å². The average Bonchev–Trinajstić information content (AvgIpc) is 2.45. The molecule has 2 fully saturated rings. The predicted octanol–water partition coefficient (Wildman–Crippen LogP) is 3.11. The van der Waals surface area contributed by atoms with Crippen LogP contribution in [0.2, 0.25) is 0 Å². The van der Waals surface area contributed by atoms with E-state index in [2.05, 4.69) is 6.58 Å². The Hall–Kier alpha value is -1.44. The number of allylic oxidation sites excluding steroid dienone is 5. The largest absolute Gasteiger partial charge is 0.299 e. The molecule has 0 N–H and O–H groups in total. The van der Waals surface area contributed by atoms with Crippen LogP contribution in [-0.4, -0.2) is 11.6 Å². The number of hydrogen-bond acceptors (Lipinski definition) is 2. The first-order valence-electron chi connectivity index (χ1n) is 7.27. The van der Waals surface area contributed by atoms with Gasteiger partial charge in [0.05, 0.1) is 0 Å². The van der Waals surface area contributed by atoms with E-state index < -0.39 is 0 Å². The van der Waals surface area contributed by atoms with Gasteiger partial charge in [-0.25, -0.2) is 0 Å². The third-order valence-electron chi connectivity index (χ3n) is 4.99. The zero-order valence-corrected chi connectivity index (χ0v) is 11.1. The molecule has 2 nitrogen and oxygen atoms in total. The second-order valence-corrected chi connectivity index (χ2v) is 5.97. The number of hydrogen-bond donors (Lipinski definition) is 0. The molecule has 0 saturated heterocycles. The van der Waals surface area contributed by atoms with Gasteiger partial charge in [-0.2, -0.15) is 0 Å². The van der Waals surface area contributed by atoms with Crippen LogP contribution in [0.15, 0.2) is 37.0 Å². The molecule has 0 radical (unpaired) electrons. The molecule has 0 aliphatic heterocycles. The predicted molar refractivity (Wildman–Crippen MR) is 74.4 cm³/mol. The Morgan fingerprint density at radius 3 is 2.47 bits per heavy atom.